The third-order valence-electron chi connectivity index (χ3n) is 3.33. The van der Waals surface area contributed by atoms with Gasteiger partial charge in [-0.3, -0.25) is 4.98 Å². The molecule has 112 valence electrons. The average molecular weight is 294 g/mol. The van der Waals surface area contributed by atoms with E-state index in [2.05, 4.69) is 15.2 Å². The molecule has 1 aliphatic heterocycles. The van der Waals surface area contributed by atoms with Gasteiger partial charge in [0.25, 0.3) is 0 Å². The molecule has 0 aromatic carbocycles. The molecule has 0 spiro atoms. The molecule has 9 nitrogen and oxygen atoms in total. The molecule has 1 saturated heterocycles. The van der Waals surface area contributed by atoms with Crippen LogP contribution < -0.4 is 5.69 Å². The number of esters is 1. The summed E-state index contributed by atoms with van der Waals surface area (Å²) in [6.45, 7) is 2.92. The zero-order chi connectivity index (χ0) is 15.0. The normalized spacial score (nSPS) is 16.5. The van der Waals surface area contributed by atoms with E-state index in [1.54, 1.807) is 6.07 Å². The van der Waals surface area contributed by atoms with E-state index in [4.69, 9.17) is 14.0 Å². The van der Waals surface area contributed by atoms with Gasteiger partial charge in [0, 0.05) is 13.1 Å². The van der Waals surface area contributed by atoms with E-state index < -0.39 is 5.97 Å². The van der Waals surface area contributed by atoms with Gasteiger partial charge < -0.3 is 14.0 Å². The van der Waals surface area contributed by atoms with Crippen molar-refractivity contribution < 1.29 is 18.8 Å². The lowest BCUT2D eigenvalue weighted by molar-refractivity contribution is -0.0532. The fourth-order valence-corrected chi connectivity index (χ4v) is 1.94. The maximum atomic E-state index is 11.8. The van der Waals surface area contributed by atoms with Gasteiger partial charge in [-0.1, -0.05) is 5.16 Å². The molecule has 1 fully saturated rings. The van der Waals surface area contributed by atoms with Crippen molar-refractivity contribution in [2.75, 3.05) is 13.2 Å². The minimum absolute atomic E-state index is 0.0106. The summed E-state index contributed by atoms with van der Waals surface area (Å²) in [6.07, 6.45) is 0. The van der Waals surface area contributed by atoms with Crippen LogP contribution in [0.3, 0.4) is 0 Å². The van der Waals surface area contributed by atoms with Gasteiger partial charge in [-0.25, -0.2) is 14.3 Å². The monoisotopic (exact) mass is 294 g/mol. The van der Waals surface area contributed by atoms with Gasteiger partial charge in [0.05, 0.1) is 24.3 Å². The SMILES string of the molecule is Cn1nc(COC(=O)c2cc(C3(C)COC3)no2)[nH]c1=O. The topological polar surface area (TPSA) is 112 Å². The molecule has 2 aromatic heterocycles. The largest absolute Gasteiger partial charge is 0.452 e. The molecule has 0 radical (unpaired) electrons. The molecule has 0 saturated carbocycles. The second kappa shape index (κ2) is 4.85. The van der Waals surface area contributed by atoms with E-state index in [0.717, 1.165) is 4.68 Å². The second-order valence-corrected chi connectivity index (χ2v) is 5.21. The van der Waals surface area contributed by atoms with Crippen LogP contribution in [0.2, 0.25) is 0 Å². The Labute approximate surface area is 118 Å². The Kier molecular flexibility index (Phi) is 3.13. The molecule has 9 heteroatoms. The van der Waals surface area contributed by atoms with Crippen LogP contribution in [0.15, 0.2) is 15.4 Å². The number of carbonyl (C=O) groups excluding carboxylic acids is 1. The van der Waals surface area contributed by atoms with Gasteiger partial charge >= 0.3 is 11.7 Å². The molecule has 0 aliphatic carbocycles. The molecule has 3 heterocycles. The lowest BCUT2D eigenvalue weighted by Gasteiger charge is -2.35. The van der Waals surface area contributed by atoms with Crippen LogP contribution in [0.25, 0.3) is 0 Å². The summed E-state index contributed by atoms with van der Waals surface area (Å²) in [5.74, 6) is -0.393. The predicted octanol–water partition coefficient (Wildman–Crippen LogP) is -0.259. The highest BCUT2D eigenvalue weighted by atomic mass is 16.6. The lowest BCUT2D eigenvalue weighted by Crippen LogP contribution is -2.44. The molecule has 3 rings (SSSR count). The smallest absolute Gasteiger partial charge is 0.377 e. The predicted molar refractivity (Wildman–Crippen MR) is 67.6 cm³/mol. The van der Waals surface area contributed by atoms with Gasteiger partial charge in [0.15, 0.2) is 12.4 Å². The lowest BCUT2D eigenvalue weighted by atomic mass is 9.85. The van der Waals surface area contributed by atoms with Crippen LogP contribution in [-0.2, 0) is 28.5 Å². The number of aromatic amines is 1. The van der Waals surface area contributed by atoms with Crippen molar-refractivity contribution in [3.05, 3.63) is 33.8 Å². The molecule has 0 atom stereocenters. The molecule has 1 aliphatic rings. The number of carbonyl (C=O) groups is 1. The first kappa shape index (κ1) is 13.6. The van der Waals surface area contributed by atoms with Crippen LogP contribution in [0.4, 0.5) is 0 Å². The Morgan fingerprint density at radius 2 is 2.33 bits per heavy atom. The number of hydrogen-bond acceptors (Lipinski definition) is 7. The minimum atomic E-state index is -0.663. The molecular formula is C12H14N4O5. The number of aryl methyl sites for hydroxylation is 1. The summed E-state index contributed by atoms with van der Waals surface area (Å²) >= 11 is 0. The Morgan fingerprint density at radius 3 is 2.90 bits per heavy atom. The van der Waals surface area contributed by atoms with E-state index in [9.17, 15) is 9.59 Å². The Bertz CT molecular complexity index is 724. The Morgan fingerprint density at radius 1 is 1.57 bits per heavy atom. The van der Waals surface area contributed by atoms with E-state index in [0.29, 0.717) is 18.9 Å². The number of nitrogens with one attached hydrogen (secondary N) is 1. The molecule has 2 aromatic rings. The molecule has 0 amide bonds. The summed E-state index contributed by atoms with van der Waals surface area (Å²) in [4.78, 5) is 25.5. The molecule has 1 N–H and O–H groups in total. The standard InChI is InChI=1S/C12H14N4O5/c1-12(5-19-6-12)8-3-7(21-15-8)10(17)20-4-9-13-11(18)16(2)14-9/h3H,4-6H2,1-2H3,(H,13,14,18). The van der Waals surface area contributed by atoms with Crippen molar-refractivity contribution in [2.45, 2.75) is 18.9 Å². The van der Waals surface area contributed by atoms with E-state index in [1.165, 1.54) is 7.05 Å². The summed E-state index contributed by atoms with van der Waals surface area (Å²) < 4.78 is 16.3. The van der Waals surface area contributed by atoms with E-state index in [-0.39, 0.29) is 29.3 Å². The highest BCUT2D eigenvalue weighted by molar-refractivity contribution is 5.86. The van der Waals surface area contributed by atoms with E-state index in [1.807, 2.05) is 6.92 Å². The summed E-state index contributed by atoms with van der Waals surface area (Å²) in [6, 6.07) is 1.55. The summed E-state index contributed by atoms with van der Waals surface area (Å²) in [5, 5.41) is 7.72. The van der Waals surface area contributed by atoms with Gasteiger partial charge in [-0.2, -0.15) is 5.10 Å². The zero-order valence-electron chi connectivity index (χ0n) is 11.6. The van der Waals surface area contributed by atoms with Crippen LogP contribution in [-0.4, -0.2) is 39.1 Å². The molecule has 21 heavy (non-hydrogen) atoms. The zero-order valence-corrected chi connectivity index (χ0v) is 11.6. The first-order chi connectivity index (χ1) is 9.98. The number of hydrogen-bond donors (Lipinski definition) is 1. The van der Waals surface area contributed by atoms with Crippen LogP contribution in [0.5, 0.6) is 0 Å². The van der Waals surface area contributed by atoms with Gasteiger partial charge in [-0.15, -0.1) is 0 Å². The van der Waals surface area contributed by atoms with Crippen molar-refractivity contribution >= 4 is 5.97 Å². The first-order valence-electron chi connectivity index (χ1n) is 6.32. The molecule has 0 bridgehead atoms. The third-order valence-corrected chi connectivity index (χ3v) is 3.33. The van der Waals surface area contributed by atoms with E-state index >= 15 is 0 Å². The highest BCUT2D eigenvalue weighted by Gasteiger charge is 2.38. The van der Waals surface area contributed by atoms with Crippen molar-refractivity contribution in [3.8, 4) is 0 Å². The fraction of sp³-hybridized carbons (Fsp3) is 0.500. The number of rotatable bonds is 4. The van der Waals surface area contributed by atoms with Crippen molar-refractivity contribution in [1.82, 2.24) is 19.9 Å². The van der Waals surface area contributed by atoms with Crippen molar-refractivity contribution in [1.29, 1.82) is 0 Å². The fourth-order valence-electron chi connectivity index (χ4n) is 1.94. The minimum Gasteiger partial charge on any atom is -0.452 e. The molecule has 0 unspecified atom stereocenters. The number of nitrogens with zero attached hydrogens (tertiary/aromatic N) is 3. The van der Waals surface area contributed by atoms with Crippen molar-refractivity contribution in [3.63, 3.8) is 0 Å². The summed E-state index contributed by atoms with van der Waals surface area (Å²) in [7, 11) is 1.49. The van der Waals surface area contributed by atoms with Crippen LogP contribution in [0.1, 0.15) is 29.0 Å². The quantitative estimate of drug-likeness (QED) is 0.773. The summed E-state index contributed by atoms with van der Waals surface area (Å²) in [5.41, 5.74) is 0.0710. The Balaban J connectivity index is 1.64. The third kappa shape index (κ3) is 2.47. The van der Waals surface area contributed by atoms with Gasteiger partial charge in [-0.05, 0) is 6.92 Å². The van der Waals surface area contributed by atoms with Crippen LogP contribution >= 0.6 is 0 Å². The maximum Gasteiger partial charge on any atom is 0.377 e. The number of H-pyrrole nitrogens is 1. The van der Waals surface area contributed by atoms with Gasteiger partial charge in [0.2, 0.25) is 5.76 Å². The highest BCUT2D eigenvalue weighted by Crippen LogP contribution is 2.31. The second-order valence-electron chi connectivity index (χ2n) is 5.21. The van der Waals surface area contributed by atoms with Crippen LogP contribution in [0, 0.1) is 0 Å². The average Bonchev–Trinajstić information content (AvgIpc) is 3.02. The number of ether oxygens (including phenoxy) is 2. The molecular weight excluding hydrogens is 280 g/mol. The first-order valence-corrected chi connectivity index (χ1v) is 6.32. The Hall–Kier alpha value is -2.42. The van der Waals surface area contributed by atoms with Crippen molar-refractivity contribution in [2.24, 2.45) is 7.05 Å². The maximum absolute atomic E-state index is 11.8. The van der Waals surface area contributed by atoms with Gasteiger partial charge in [0.1, 0.15) is 0 Å². The number of aromatic nitrogens is 4.